The van der Waals surface area contributed by atoms with Crippen LogP contribution in [-0.2, 0) is 47.3 Å². The average molecular weight is 1170 g/mol. The number of fused-ring (bicyclic) bond motifs is 12. The summed E-state index contributed by atoms with van der Waals surface area (Å²) in [5.41, 5.74) is 31.8. The molecule has 438 valence electrons. The van der Waals surface area contributed by atoms with Crippen LogP contribution in [0.25, 0.3) is 77.9 Å². The number of phenols is 4. The van der Waals surface area contributed by atoms with Gasteiger partial charge in [0.05, 0.1) is 0 Å². The molecule has 0 bridgehead atoms. The van der Waals surface area contributed by atoms with E-state index in [0.29, 0.717) is 0 Å². The molecule has 0 radical (unpaired) electrons. The topological polar surface area (TPSA) is 80.9 Å². The molecular formula is C86H70O4. The smallest absolute Gasteiger partial charge is 0.115 e. The summed E-state index contributed by atoms with van der Waals surface area (Å²) >= 11 is 0. The quantitative estimate of drug-likeness (QED) is 0.0927. The normalized spacial score (nSPS) is 17.2. The number of benzene rings is 12. The average Bonchev–Trinajstić information content (AvgIpc) is 1.58. The maximum Gasteiger partial charge on any atom is 0.115 e. The van der Waals surface area contributed by atoms with Crippen LogP contribution in [0.15, 0.2) is 255 Å². The predicted octanol–water partition coefficient (Wildman–Crippen LogP) is 20.4. The molecule has 0 heterocycles. The van der Waals surface area contributed by atoms with Crippen LogP contribution in [-0.4, -0.2) is 20.4 Å². The van der Waals surface area contributed by atoms with Crippen molar-refractivity contribution >= 4 is 0 Å². The lowest BCUT2D eigenvalue weighted by Gasteiger charge is -2.33. The number of rotatable bonds is 13. The molecule has 2 unspecified atom stereocenters. The van der Waals surface area contributed by atoms with E-state index < -0.39 is 0 Å². The number of hydrogen-bond acceptors (Lipinski definition) is 4. The fourth-order valence-electron chi connectivity index (χ4n) is 16.5. The van der Waals surface area contributed by atoms with Crippen molar-refractivity contribution in [3.8, 4) is 101 Å². The van der Waals surface area contributed by atoms with E-state index in [9.17, 15) is 20.4 Å². The number of phenolic OH excluding ortho intramolecular Hbond substituents is 4. The van der Waals surface area contributed by atoms with Gasteiger partial charge in [0.25, 0.3) is 0 Å². The highest BCUT2D eigenvalue weighted by atomic mass is 16.3. The molecule has 12 aromatic rings. The molecule has 0 saturated carbocycles. The van der Waals surface area contributed by atoms with Crippen LogP contribution in [0.2, 0.25) is 0 Å². The molecule has 2 atom stereocenters. The first-order valence-corrected chi connectivity index (χ1v) is 31.8. The zero-order chi connectivity index (χ0) is 61.3. The summed E-state index contributed by atoms with van der Waals surface area (Å²) in [4.78, 5) is 0. The van der Waals surface area contributed by atoms with Crippen LogP contribution >= 0.6 is 0 Å². The van der Waals surface area contributed by atoms with Crippen molar-refractivity contribution in [1.29, 1.82) is 0 Å². The lowest BCUT2D eigenvalue weighted by Crippen LogP contribution is -2.29. The second kappa shape index (κ2) is 20.7. The molecule has 90 heavy (non-hydrogen) atoms. The Morgan fingerprint density at radius 2 is 0.467 bits per heavy atom. The maximum atomic E-state index is 10.4. The summed E-state index contributed by atoms with van der Waals surface area (Å²) in [7, 11) is 0. The molecule has 0 amide bonds. The lowest BCUT2D eigenvalue weighted by molar-refractivity contribution is 0.468. The van der Waals surface area contributed by atoms with Gasteiger partial charge in [-0.25, -0.2) is 0 Å². The molecule has 4 aliphatic rings. The van der Waals surface area contributed by atoms with Gasteiger partial charge in [-0.05, 0) is 268 Å². The first-order valence-electron chi connectivity index (χ1n) is 31.8. The minimum Gasteiger partial charge on any atom is -0.508 e. The van der Waals surface area contributed by atoms with E-state index in [1.165, 1.54) is 145 Å². The van der Waals surface area contributed by atoms with Crippen LogP contribution in [0.4, 0.5) is 0 Å². The van der Waals surface area contributed by atoms with Gasteiger partial charge in [0.2, 0.25) is 0 Å². The predicted molar refractivity (Wildman–Crippen MR) is 367 cm³/mol. The monoisotopic (exact) mass is 1170 g/mol. The highest BCUT2D eigenvalue weighted by Crippen LogP contribution is 2.58. The van der Waals surface area contributed by atoms with Gasteiger partial charge in [-0.3, -0.25) is 0 Å². The number of aryl methyl sites for hydroxylation is 2. The van der Waals surface area contributed by atoms with Gasteiger partial charge in [-0.2, -0.15) is 0 Å². The Kier molecular flexibility index (Phi) is 12.7. The van der Waals surface area contributed by atoms with Crippen LogP contribution in [0.1, 0.15) is 107 Å². The number of aromatic hydroxyl groups is 4. The molecular weight excluding hydrogens is 1100 g/mol. The lowest BCUT2D eigenvalue weighted by atomic mass is 9.69. The highest BCUT2D eigenvalue weighted by Gasteiger charge is 2.46. The molecule has 4 aliphatic carbocycles. The SMILES string of the molecule is CC1(C)c2cc(-c3ccc4c(c3)C(C)(C)c3cc(-c5ccc6c(c5)C(CCc5ccc(O)cc5)(Cc5ccc(O)cc5)c5ccccc5-6)ccc3-4)ccc2-c2ccc(-c3ccc4c(c3)C(CCc3ccc(O)cc3)(Cc3ccc(O)cc3)c3ccccc3-4)cc21. The highest BCUT2D eigenvalue weighted by molar-refractivity contribution is 5.91. The molecule has 0 saturated heterocycles. The Balaban J connectivity index is 0.707. The minimum absolute atomic E-state index is 0.253. The van der Waals surface area contributed by atoms with Crippen molar-refractivity contribution in [3.05, 3.63) is 322 Å². The summed E-state index contributed by atoms with van der Waals surface area (Å²) in [6.07, 6.45) is 5.00. The zero-order valence-corrected chi connectivity index (χ0v) is 51.3. The third-order valence-corrected chi connectivity index (χ3v) is 21.3. The van der Waals surface area contributed by atoms with Crippen LogP contribution < -0.4 is 0 Å². The Bertz CT molecular complexity index is 4550. The van der Waals surface area contributed by atoms with E-state index in [4.69, 9.17) is 0 Å². The van der Waals surface area contributed by atoms with Crippen molar-refractivity contribution < 1.29 is 20.4 Å². The van der Waals surface area contributed by atoms with E-state index in [1.54, 1.807) is 48.5 Å². The second-order valence-electron chi connectivity index (χ2n) is 27.1. The summed E-state index contributed by atoms with van der Waals surface area (Å²) in [5, 5.41) is 41.1. The Morgan fingerprint density at radius 3 is 0.756 bits per heavy atom. The number of hydrogen-bond donors (Lipinski definition) is 4. The summed E-state index contributed by atoms with van der Waals surface area (Å²) in [5.74, 6) is 1.09. The minimum atomic E-state index is -0.335. The molecule has 0 aliphatic heterocycles. The van der Waals surface area contributed by atoms with E-state index in [-0.39, 0.29) is 44.7 Å². The molecule has 4 N–H and O–H groups in total. The Morgan fingerprint density at radius 1 is 0.233 bits per heavy atom. The third kappa shape index (κ3) is 8.85. The van der Waals surface area contributed by atoms with Crippen LogP contribution in [0, 0.1) is 0 Å². The molecule has 0 aromatic heterocycles. The Labute approximate surface area is 527 Å². The van der Waals surface area contributed by atoms with Crippen LogP contribution in [0.5, 0.6) is 23.0 Å². The largest absolute Gasteiger partial charge is 0.508 e. The third-order valence-electron chi connectivity index (χ3n) is 21.3. The zero-order valence-electron chi connectivity index (χ0n) is 51.3. The van der Waals surface area contributed by atoms with Crippen molar-refractivity contribution in [3.63, 3.8) is 0 Å². The van der Waals surface area contributed by atoms with Gasteiger partial charge in [-0.15, -0.1) is 0 Å². The van der Waals surface area contributed by atoms with Crippen molar-refractivity contribution in [2.24, 2.45) is 0 Å². The van der Waals surface area contributed by atoms with E-state index in [0.717, 1.165) is 38.5 Å². The van der Waals surface area contributed by atoms with E-state index in [1.807, 2.05) is 24.3 Å². The van der Waals surface area contributed by atoms with Gasteiger partial charge < -0.3 is 20.4 Å². The first kappa shape index (κ1) is 55.2. The van der Waals surface area contributed by atoms with E-state index in [2.05, 4.69) is 210 Å². The summed E-state index contributed by atoms with van der Waals surface area (Å²) < 4.78 is 0. The fourth-order valence-corrected chi connectivity index (χ4v) is 16.5. The van der Waals surface area contributed by atoms with Gasteiger partial charge in [0, 0.05) is 21.7 Å². The first-order chi connectivity index (χ1) is 43.6. The van der Waals surface area contributed by atoms with Gasteiger partial charge in [0.15, 0.2) is 0 Å². The van der Waals surface area contributed by atoms with Crippen molar-refractivity contribution in [2.45, 2.75) is 87.9 Å². The standard InChI is InChI=1S/C86H70O4/c1-83(2)77-45-57(21-35-69(77)71-37-23-59(47-79(71)83)61-25-39-73-67-9-5-7-11-75(67)85(81(73)49-61,51-55-17-31-65(89)32-18-55)43-41-53-13-27-63(87)28-14-53)58-22-36-70-72-38-24-60(48-80(72)84(3,4)78(70)46-58)62-26-40-74-68-10-6-8-12-76(68)86(82(74)50-62,52-56-19-33-66(90)34-20-56)44-42-54-15-29-64(88)30-16-54/h5-40,45-50,87-90H,41-44,51-52H2,1-4H3. The van der Waals surface area contributed by atoms with Crippen molar-refractivity contribution in [1.82, 2.24) is 0 Å². The molecule has 16 rings (SSSR count). The molecule has 12 aromatic carbocycles. The molecule has 0 spiro atoms. The molecule has 0 fully saturated rings. The summed E-state index contributed by atoms with van der Waals surface area (Å²) in [6, 6.07) is 91.5. The van der Waals surface area contributed by atoms with Gasteiger partial charge in [-0.1, -0.05) is 198 Å². The van der Waals surface area contributed by atoms with Crippen molar-refractivity contribution in [2.75, 3.05) is 0 Å². The van der Waals surface area contributed by atoms with Gasteiger partial charge in [0.1, 0.15) is 23.0 Å². The second-order valence-corrected chi connectivity index (χ2v) is 27.1. The molecule has 4 nitrogen and oxygen atoms in total. The fraction of sp³-hybridized carbons (Fsp3) is 0.163. The van der Waals surface area contributed by atoms with E-state index >= 15 is 0 Å². The maximum absolute atomic E-state index is 10.4. The Hall–Kier alpha value is -10.2. The van der Waals surface area contributed by atoms with Gasteiger partial charge >= 0.3 is 0 Å². The van der Waals surface area contributed by atoms with Crippen LogP contribution in [0.3, 0.4) is 0 Å². The molecule has 4 heteroatoms. The summed E-state index contributed by atoms with van der Waals surface area (Å²) in [6.45, 7) is 9.57.